The molecule has 0 amide bonds. The number of hydrogen-bond acceptors (Lipinski definition) is 3. The highest BCUT2D eigenvalue weighted by atomic mass is 35.5. The second-order valence-electron chi connectivity index (χ2n) is 7.18. The van der Waals surface area contributed by atoms with Crippen molar-refractivity contribution in [2.45, 2.75) is 65.2 Å². The van der Waals surface area contributed by atoms with Crippen LogP contribution in [0.15, 0.2) is 0 Å². The Hall–Kier alpha value is -0.580. The molecule has 0 radical (unpaired) electrons. The van der Waals surface area contributed by atoms with Gasteiger partial charge in [-0.2, -0.15) is 5.10 Å². The van der Waals surface area contributed by atoms with Crippen LogP contribution in [0.3, 0.4) is 0 Å². The fourth-order valence-electron chi connectivity index (χ4n) is 3.34. The van der Waals surface area contributed by atoms with Crippen molar-refractivity contribution in [3.63, 3.8) is 0 Å². The summed E-state index contributed by atoms with van der Waals surface area (Å²) in [7, 11) is 0. The maximum absolute atomic E-state index is 6.49. The Kier molecular flexibility index (Phi) is 4.06. The van der Waals surface area contributed by atoms with Gasteiger partial charge in [-0.05, 0) is 46.5 Å². The summed E-state index contributed by atoms with van der Waals surface area (Å²) in [4.78, 5) is 2.58. The molecule has 1 aliphatic carbocycles. The average molecular weight is 311 g/mol. The first-order valence-corrected chi connectivity index (χ1v) is 8.50. The number of piperazine rings is 1. The van der Waals surface area contributed by atoms with Gasteiger partial charge in [0.25, 0.3) is 0 Å². The fraction of sp³-hybridized carbons (Fsp3) is 0.812. The van der Waals surface area contributed by atoms with Crippen LogP contribution in [0, 0.1) is 12.8 Å². The number of halogens is 1. The van der Waals surface area contributed by atoms with Crippen molar-refractivity contribution >= 4 is 11.6 Å². The summed E-state index contributed by atoms with van der Waals surface area (Å²) >= 11 is 6.49. The molecular formula is C16H27ClN4. The molecule has 2 fully saturated rings. The summed E-state index contributed by atoms with van der Waals surface area (Å²) < 4.78 is 2.06. The predicted octanol–water partition coefficient (Wildman–Crippen LogP) is 2.83. The molecule has 0 aromatic carbocycles. The number of aryl methyl sites for hydroxylation is 2. The maximum Gasteiger partial charge on any atom is 0.0860 e. The van der Waals surface area contributed by atoms with E-state index in [2.05, 4.69) is 40.8 Å². The molecule has 1 saturated heterocycles. The van der Waals surface area contributed by atoms with E-state index < -0.39 is 0 Å². The van der Waals surface area contributed by atoms with Crippen LogP contribution in [-0.2, 0) is 13.1 Å². The lowest BCUT2D eigenvalue weighted by molar-refractivity contribution is 0.0510. The second-order valence-corrected chi connectivity index (χ2v) is 7.56. The minimum Gasteiger partial charge on any atom is -0.311 e. The van der Waals surface area contributed by atoms with Crippen molar-refractivity contribution in [1.29, 1.82) is 0 Å². The van der Waals surface area contributed by atoms with Gasteiger partial charge in [-0.3, -0.25) is 9.58 Å². The molecule has 0 spiro atoms. The van der Waals surface area contributed by atoms with E-state index >= 15 is 0 Å². The Morgan fingerprint density at radius 1 is 1.38 bits per heavy atom. The van der Waals surface area contributed by atoms with E-state index in [0.29, 0.717) is 6.04 Å². The van der Waals surface area contributed by atoms with Gasteiger partial charge in [-0.15, -0.1) is 0 Å². The van der Waals surface area contributed by atoms with Crippen molar-refractivity contribution in [1.82, 2.24) is 20.0 Å². The van der Waals surface area contributed by atoms with Gasteiger partial charge in [0.2, 0.25) is 0 Å². The Labute approximate surface area is 132 Å². The minimum absolute atomic E-state index is 0.158. The van der Waals surface area contributed by atoms with Gasteiger partial charge in [0.15, 0.2) is 0 Å². The number of nitrogens with one attached hydrogen (secondary N) is 1. The van der Waals surface area contributed by atoms with Gasteiger partial charge in [-0.1, -0.05) is 11.6 Å². The van der Waals surface area contributed by atoms with Gasteiger partial charge in [-0.25, -0.2) is 0 Å². The number of hydrogen-bond donors (Lipinski definition) is 1. The second kappa shape index (κ2) is 5.56. The third-order valence-electron chi connectivity index (χ3n) is 5.05. The van der Waals surface area contributed by atoms with Gasteiger partial charge in [0, 0.05) is 37.8 Å². The number of nitrogens with zero attached hydrogens (tertiary/aromatic N) is 3. The number of rotatable bonds is 4. The van der Waals surface area contributed by atoms with Crippen LogP contribution < -0.4 is 5.32 Å². The molecule has 1 atom stereocenters. The highest BCUT2D eigenvalue weighted by molar-refractivity contribution is 6.31. The smallest absolute Gasteiger partial charge is 0.0860 e. The Morgan fingerprint density at radius 3 is 2.71 bits per heavy atom. The van der Waals surface area contributed by atoms with Crippen molar-refractivity contribution in [2.75, 3.05) is 13.1 Å². The average Bonchev–Trinajstić information content (AvgIpc) is 3.23. The van der Waals surface area contributed by atoms with Crippen LogP contribution in [0.5, 0.6) is 0 Å². The normalized spacial score (nSPS) is 26.2. The first-order valence-electron chi connectivity index (χ1n) is 8.12. The summed E-state index contributed by atoms with van der Waals surface area (Å²) in [6.45, 7) is 12.7. The van der Waals surface area contributed by atoms with E-state index in [0.717, 1.165) is 42.8 Å². The predicted molar refractivity (Wildman–Crippen MR) is 86.7 cm³/mol. The first kappa shape index (κ1) is 15.3. The lowest BCUT2D eigenvalue weighted by atomic mass is 9.95. The lowest BCUT2D eigenvalue weighted by Crippen LogP contribution is -2.62. The minimum atomic E-state index is 0.158. The molecular weight excluding hydrogens is 284 g/mol. The monoisotopic (exact) mass is 310 g/mol. The molecule has 5 heteroatoms. The maximum atomic E-state index is 6.49. The molecule has 118 valence electrons. The molecule has 0 bridgehead atoms. The molecule has 4 nitrogen and oxygen atoms in total. The van der Waals surface area contributed by atoms with Crippen LogP contribution in [0.4, 0.5) is 0 Å². The molecule has 1 aromatic rings. The molecule has 1 unspecified atom stereocenters. The van der Waals surface area contributed by atoms with Crippen LogP contribution in [0.1, 0.15) is 45.0 Å². The van der Waals surface area contributed by atoms with E-state index in [1.165, 1.54) is 18.5 Å². The van der Waals surface area contributed by atoms with Crippen LogP contribution in [0.25, 0.3) is 0 Å². The van der Waals surface area contributed by atoms with Crippen molar-refractivity contribution in [2.24, 2.45) is 5.92 Å². The fourth-order valence-corrected chi connectivity index (χ4v) is 3.53. The third kappa shape index (κ3) is 2.99. The molecule has 1 saturated carbocycles. The largest absolute Gasteiger partial charge is 0.311 e. The van der Waals surface area contributed by atoms with E-state index in [1.54, 1.807) is 0 Å². The van der Waals surface area contributed by atoms with Gasteiger partial charge in [0.05, 0.1) is 16.4 Å². The zero-order valence-corrected chi connectivity index (χ0v) is 14.4. The highest BCUT2D eigenvalue weighted by Gasteiger charge is 2.40. The molecule has 2 heterocycles. The zero-order chi connectivity index (χ0) is 15.2. The van der Waals surface area contributed by atoms with Crippen LogP contribution in [0.2, 0.25) is 5.02 Å². The van der Waals surface area contributed by atoms with Crippen molar-refractivity contribution in [3.05, 3.63) is 16.4 Å². The van der Waals surface area contributed by atoms with E-state index in [-0.39, 0.29) is 5.54 Å². The number of aromatic nitrogens is 2. The van der Waals surface area contributed by atoms with E-state index in [9.17, 15) is 0 Å². The standard InChI is InChI=1S/C16H27ClN4/c1-5-21-14(15(17)11(2)19-21)9-20-8-13(12-6-7-12)18-10-16(20,3)4/h12-13,18H,5-10H2,1-4H3. The summed E-state index contributed by atoms with van der Waals surface area (Å²) in [5.41, 5.74) is 2.27. The van der Waals surface area contributed by atoms with E-state index in [1.807, 2.05) is 6.92 Å². The van der Waals surface area contributed by atoms with Crippen LogP contribution >= 0.6 is 11.6 Å². The summed E-state index contributed by atoms with van der Waals surface area (Å²) in [5.74, 6) is 0.886. The van der Waals surface area contributed by atoms with E-state index in [4.69, 9.17) is 11.6 Å². The van der Waals surface area contributed by atoms with Gasteiger partial charge >= 0.3 is 0 Å². The SMILES string of the molecule is CCn1nc(C)c(Cl)c1CN1CC(C2CC2)NCC1(C)C. The van der Waals surface area contributed by atoms with Crippen molar-refractivity contribution < 1.29 is 0 Å². The summed E-state index contributed by atoms with van der Waals surface area (Å²) in [6, 6.07) is 0.649. The molecule has 3 rings (SSSR count). The first-order chi connectivity index (χ1) is 9.92. The summed E-state index contributed by atoms with van der Waals surface area (Å²) in [5, 5.41) is 9.13. The quantitative estimate of drug-likeness (QED) is 0.928. The summed E-state index contributed by atoms with van der Waals surface area (Å²) in [6.07, 6.45) is 2.78. The van der Waals surface area contributed by atoms with Gasteiger partial charge in [0.1, 0.15) is 0 Å². The Bertz CT molecular complexity index is 519. The molecule has 1 aromatic heterocycles. The van der Waals surface area contributed by atoms with Gasteiger partial charge < -0.3 is 5.32 Å². The lowest BCUT2D eigenvalue weighted by Gasteiger charge is -2.46. The topological polar surface area (TPSA) is 33.1 Å². The van der Waals surface area contributed by atoms with Crippen LogP contribution in [-0.4, -0.2) is 39.4 Å². The zero-order valence-electron chi connectivity index (χ0n) is 13.6. The molecule has 1 N–H and O–H groups in total. The highest BCUT2D eigenvalue weighted by Crippen LogP contribution is 2.36. The molecule has 1 aliphatic heterocycles. The molecule has 21 heavy (non-hydrogen) atoms. The molecule has 2 aliphatic rings. The van der Waals surface area contributed by atoms with Crippen molar-refractivity contribution in [3.8, 4) is 0 Å². The Balaban J connectivity index is 1.80. The Morgan fingerprint density at radius 2 is 2.10 bits per heavy atom. The third-order valence-corrected chi connectivity index (χ3v) is 5.55.